The molecule has 3 rings (SSSR count). The van der Waals surface area contributed by atoms with E-state index in [1.165, 1.54) is 24.3 Å². The molecule has 1 atom stereocenters. The first kappa shape index (κ1) is 16.8. The second-order valence-electron chi connectivity index (χ2n) is 6.15. The number of halogens is 1. The zero-order chi connectivity index (χ0) is 17.8. The first-order valence-corrected chi connectivity index (χ1v) is 8.17. The maximum absolute atomic E-state index is 13.0. The van der Waals surface area contributed by atoms with Crippen LogP contribution in [0.15, 0.2) is 48.5 Å². The number of carbonyl (C=O) groups is 2. The first-order chi connectivity index (χ1) is 12.1. The molecule has 0 aromatic heterocycles. The zero-order valence-corrected chi connectivity index (χ0v) is 13.6. The Kier molecular flexibility index (Phi) is 4.90. The Balaban J connectivity index is 1.71. The lowest BCUT2D eigenvalue weighted by atomic mass is 9.89. The fourth-order valence-corrected chi connectivity index (χ4v) is 3.10. The SMILES string of the molecule is N#Cc1ccc(C(=O)N2CCC[C@H](C(=O)c3ccc(F)cc3)C2)cc1. The molecule has 1 aliphatic heterocycles. The van der Waals surface area contributed by atoms with Crippen molar-refractivity contribution in [2.75, 3.05) is 13.1 Å². The van der Waals surface area contributed by atoms with Crippen LogP contribution in [-0.2, 0) is 0 Å². The van der Waals surface area contributed by atoms with E-state index >= 15 is 0 Å². The Morgan fingerprint density at radius 1 is 1.04 bits per heavy atom. The summed E-state index contributed by atoms with van der Waals surface area (Å²) in [6, 6.07) is 14.0. The fraction of sp³-hybridized carbons (Fsp3) is 0.250. The molecule has 1 aliphatic rings. The molecule has 0 unspecified atom stereocenters. The fourth-order valence-electron chi connectivity index (χ4n) is 3.10. The summed E-state index contributed by atoms with van der Waals surface area (Å²) in [7, 11) is 0. The Hall–Kier alpha value is -3.00. The topological polar surface area (TPSA) is 61.2 Å². The largest absolute Gasteiger partial charge is 0.338 e. The van der Waals surface area contributed by atoms with Gasteiger partial charge < -0.3 is 4.90 Å². The van der Waals surface area contributed by atoms with Crippen molar-refractivity contribution < 1.29 is 14.0 Å². The van der Waals surface area contributed by atoms with Crippen LogP contribution in [0, 0.1) is 23.1 Å². The third-order valence-corrected chi connectivity index (χ3v) is 4.47. The van der Waals surface area contributed by atoms with E-state index in [0.29, 0.717) is 36.2 Å². The summed E-state index contributed by atoms with van der Waals surface area (Å²) in [6.07, 6.45) is 1.47. The minimum absolute atomic E-state index is 0.0580. The van der Waals surface area contributed by atoms with Gasteiger partial charge >= 0.3 is 0 Å². The van der Waals surface area contributed by atoms with E-state index in [9.17, 15) is 14.0 Å². The van der Waals surface area contributed by atoms with Crippen LogP contribution in [0.5, 0.6) is 0 Å². The Labute approximate surface area is 145 Å². The molecule has 1 fully saturated rings. The van der Waals surface area contributed by atoms with Crippen molar-refractivity contribution in [2.24, 2.45) is 5.92 Å². The molecule has 1 saturated heterocycles. The molecule has 2 aromatic carbocycles. The molecule has 0 bridgehead atoms. The molecule has 0 N–H and O–H groups in total. The highest BCUT2D eigenvalue weighted by molar-refractivity contribution is 5.99. The van der Waals surface area contributed by atoms with Gasteiger partial charge in [-0.25, -0.2) is 4.39 Å². The summed E-state index contributed by atoms with van der Waals surface area (Å²) in [5, 5.41) is 8.83. The van der Waals surface area contributed by atoms with Crippen molar-refractivity contribution >= 4 is 11.7 Å². The van der Waals surface area contributed by atoms with E-state index in [2.05, 4.69) is 0 Å². The molecule has 0 spiro atoms. The van der Waals surface area contributed by atoms with Crippen molar-refractivity contribution in [3.63, 3.8) is 0 Å². The highest BCUT2D eigenvalue weighted by atomic mass is 19.1. The van der Waals surface area contributed by atoms with Gasteiger partial charge in [0.05, 0.1) is 11.6 Å². The average molecular weight is 336 g/mol. The minimum atomic E-state index is -0.377. The predicted octanol–water partition coefficient (Wildman–Crippen LogP) is 3.43. The average Bonchev–Trinajstić information content (AvgIpc) is 2.67. The molecule has 5 heteroatoms. The quantitative estimate of drug-likeness (QED) is 0.807. The van der Waals surface area contributed by atoms with E-state index in [-0.39, 0.29) is 23.4 Å². The van der Waals surface area contributed by atoms with E-state index in [1.807, 2.05) is 6.07 Å². The number of likely N-dealkylation sites (tertiary alicyclic amines) is 1. The number of benzene rings is 2. The standard InChI is InChI=1S/C20H17FN2O2/c21-18-9-7-15(8-10-18)19(24)17-2-1-11-23(13-17)20(25)16-5-3-14(12-22)4-6-16/h3-10,17H,1-2,11,13H2/t17-/m0/s1. The van der Waals surface area contributed by atoms with Crippen molar-refractivity contribution in [3.05, 3.63) is 71.0 Å². The molecule has 25 heavy (non-hydrogen) atoms. The number of piperidine rings is 1. The van der Waals surface area contributed by atoms with Crippen molar-refractivity contribution in [1.29, 1.82) is 5.26 Å². The minimum Gasteiger partial charge on any atom is -0.338 e. The maximum atomic E-state index is 13.0. The summed E-state index contributed by atoms with van der Waals surface area (Å²) in [5.74, 6) is -0.849. The molecule has 0 saturated carbocycles. The molecule has 1 heterocycles. The summed E-state index contributed by atoms with van der Waals surface area (Å²) in [6.45, 7) is 0.959. The number of nitriles is 1. The third-order valence-electron chi connectivity index (χ3n) is 4.47. The Morgan fingerprint density at radius 2 is 1.68 bits per heavy atom. The second kappa shape index (κ2) is 7.27. The van der Waals surface area contributed by atoms with Crippen LogP contribution >= 0.6 is 0 Å². The zero-order valence-electron chi connectivity index (χ0n) is 13.6. The number of carbonyl (C=O) groups excluding carboxylic acids is 2. The molecular weight excluding hydrogens is 319 g/mol. The van der Waals surface area contributed by atoms with Gasteiger partial charge in [0.15, 0.2) is 5.78 Å². The lowest BCUT2D eigenvalue weighted by molar-refractivity contribution is 0.0637. The van der Waals surface area contributed by atoms with Gasteiger partial charge in [0.2, 0.25) is 0 Å². The lowest BCUT2D eigenvalue weighted by Crippen LogP contribution is -2.42. The van der Waals surface area contributed by atoms with Crippen LogP contribution in [-0.4, -0.2) is 29.7 Å². The van der Waals surface area contributed by atoms with Gasteiger partial charge in [-0.15, -0.1) is 0 Å². The molecule has 2 aromatic rings. The van der Waals surface area contributed by atoms with E-state index < -0.39 is 0 Å². The van der Waals surface area contributed by atoms with Crippen LogP contribution in [0.4, 0.5) is 4.39 Å². The molecule has 0 radical (unpaired) electrons. The Bertz CT molecular complexity index is 822. The van der Waals surface area contributed by atoms with Gasteiger partial charge in [0.1, 0.15) is 5.82 Å². The van der Waals surface area contributed by atoms with Crippen molar-refractivity contribution in [3.8, 4) is 6.07 Å². The monoisotopic (exact) mass is 336 g/mol. The predicted molar refractivity (Wildman–Crippen MR) is 90.5 cm³/mol. The molecule has 0 aliphatic carbocycles. The lowest BCUT2D eigenvalue weighted by Gasteiger charge is -2.32. The van der Waals surface area contributed by atoms with E-state index in [1.54, 1.807) is 29.2 Å². The van der Waals surface area contributed by atoms with Crippen LogP contribution < -0.4 is 0 Å². The van der Waals surface area contributed by atoms with Crippen LogP contribution in [0.2, 0.25) is 0 Å². The second-order valence-corrected chi connectivity index (χ2v) is 6.15. The van der Waals surface area contributed by atoms with E-state index in [4.69, 9.17) is 5.26 Å². The van der Waals surface area contributed by atoms with Crippen LogP contribution in [0.1, 0.15) is 39.1 Å². The summed E-state index contributed by atoms with van der Waals surface area (Å²) < 4.78 is 13.0. The first-order valence-electron chi connectivity index (χ1n) is 8.17. The highest BCUT2D eigenvalue weighted by Crippen LogP contribution is 2.22. The molecule has 4 nitrogen and oxygen atoms in total. The third kappa shape index (κ3) is 3.74. The highest BCUT2D eigenvalue weighted by Gasteiger charge is 2.29. The van der Waals surface area contributed by atoms with Gasteiger partial charge in [0.25, 0.3) is 5.91 Å². The number of nitrogens with zero attached hydrogens (tertiary/aromatic N) is 2. The van der Waals surface area contributed by atoms with Gasteiger partial charge in [0, 0.05) is 30.1 Å². The summed E-state index contributed by atoms with van der Waals surface area (Å²) in [4.78, 5) is 26.9. The maximum Gasteiger partial charge on any atom is 0.253 e. The van der Waals surface area contributed by atoms with Gasteiger partial charge in [-0.3, -0.25) is 9.59 Å². The number of ketones is 1. The van der Waals surface area contributed by atoms with Gasteiger partial charge in [-0.2, -0.15) is 5.26 Å². The number of rotatable bonds is 3. The Morgan fingerprint density at radius 3 is 2.32 bits per heavy atom. The number of hydrogen-bond acceptors (Lipinski definition) is 3. The number of amides is 1. The van der Waals surface area contributed by atoms with Gasteiger partial charge in [-0.05, 0) is 61.4 Å². The molecular formula is C20H17FN2O2. The van der Waals surface area contributed by atoms with Crippen LogP contribution in [0.25, 0.3) is 0 Å². The molecule has 1 amide bonds. The summed E-state index contributed by atoms with van der Waals surface area (Å²) in [5.41, 5.74) is 1.48. The van der Waals surface area contributed by atoms with Gasteiger partial charge in [-0.1, -0.05) is 0 Å². The van der Waals surface area contributed by atoms with Crippen molar-refractivity contribution in [2.45, 2.75) is 12.8 Å². The summed E-state index contributed by atoms with van der Waals surface area (Å²) >= 11 is 0. The smallest absolute Gasteiger partial charge is 0.253 e. The number of hydrogen-bond donors (Lipinski definition) is 0. The normalized spacial score (nSPS) is 17.0. The molecule has 126 valence electrons. The van der Waals surface area contributed by atoms with E-state index in [0.717, 1.165) is 6.42 Å². The van der Waals surface area contributed by atoms with Crippen molar-refractivity contribution in [1.82, 2.24) is 4.90 Å². The number of Topliss-reactive ketones (excluding diaryl/α,β-unsaturated/α-hetero) is 1. The van der Waals surface area contributed by atoms with Crippen LogP contribution in [0.3, 0.4) is 0 Å².